The average molecular weight is 571 g/mol. The number of allylic oxidation sites excluding steroid dienone is 1. The Bertz CT molecular complexity index is 914. The molecule has 6 heteroatoms. The number of carbonyl (C=O) groups excluding carboxylic acids is 1. The quantitative estimate of drug-likeness (QED) is 0.113. The van der Waals surface area contributed by atoms with Gasteiger partial charge in [-0.2, -0.15) is 0 Å². The molecule has 1 aliphatic rings. The molecule has 1 heterocycles. The van der Waals surface area contributed by atoms with Crippen LogP contribution in [0.1, 0.15) is 102 Å². The summed E-state index contributed by atoms with van der Waals surface area (Å²) < 4.78 is 20.5. The number of benzene rings is 1. The Labute approximate surface area is 241 Å². The van der Waals surface area contributed by atoms with E-state index in [2.05, 4.69) is 53.4 Å². The molecule has 1 aromatic carbocycles. The molecule has 4 nitrogen and oxygen atoms in total. The van der Waals surface area contributed by atoms with Gasteiger partial charge in [0.1, 0.15) is 6.10 Å². The fourth-order valence-electron chi connectivity index (χ4n) is 6.33. The van der Waals surface area contributed by atoms with Crippen LogP contribution in [-0.4, -0.2) is 41.4 Å². The Morgan fingerprint density at radius 1 is 0.795 bits per heavy atom. The Kier molecular flexibility index (Phi) is 15.4. The molecule has 0 N–H and O–H groups in total. The summed E-state index contributed by atoms with van der Waals surface area (Å²) in [6, 6.07) is 14.5. The van der Waals surface area contributed by atoms with Crippen LogP contribution >= 0.6 is 0 Å². The summed E-state index contributed by atoms with van der Waals surface area (Å²) in [5, 5.41) is 0. The van der Waals surface area contributed by atoms with E-state index in [0.29, 0.717) is 18.6 Å². The van der Waals surface area contributed by atoms with Crippen molar-refractivity contribution in [3.8, 4) is 11.8 Å². The van der Waals surface area contributed by atoms with Crippen molar-refractivity contribution in [2.75, 3.05) is 6.61 Å². The van der Waals surface area contributed by atoms with E-state index in [4.69, 9.17) is 13.6 Å². The molecule has 1 aromatic rings. The van der Waals surface area contributed by atoms with Crippen LogP contribution in [0.3, 0.4) is 0 Å². The summed E-state index contributed by atoms with van der Waals surface area (Å²) in [6.07, 6.45) is 10.7. The van der Waals surface area contributed by atoms with Crippen LogP contribution in [0.15, 0.2) is 30.3 Å². The highest BCUT2D eigenvalue weighted by atomic mass is 28.4. The molecule has 0 fully saturated rings. The zero-order valence-electron chi connectivity index (χ0n) is 25.7. The van der Waals surface area contributed by atoms with Gasteiger partial charge in [-0.05, 0) is 60.0 Å². The third-order valence-corrected chi connectivity index (χ3v) is 17.8. The van der Waals surface area contributed by atoms with Gasteiger partial charge in [0.25, 0.3) is 0 Å². The Balaban J connectivity index is 2.58. The first-order valence-corrected chi connectivity index (χ1v) is 20.8. The van der Waals surface area contributed by atoms with E-state index in [1.165, 1.54) is 0 Å². The van der Waals surface area contributed by atoms with Crippen molar-refractivity contribution >= 4 is 28.7 Å². The van der Waals surface area contributed by atoms with Crippen molar-refractivity contribution < 1.29 is 18.4 Å². The summed E-state index contributed by atoms with van der Waals surface area (Å²) in [6.45, 7) is 14.0. The number of ether oxygens (including phenoxy) is 1. The Morgan fingerprint density at radius 3 is 1.85 bits per heavy atom. The molecule has 39 heavy (non-hydrogen) atoms. The zero-order valence-corrected chi connectivity index (χ0v) is 27.7. The maximum atomic E-state index is 13.0. The van der Waals surface area contributed by atoms with Crippen LogP contribution < -0.4 is 0 Å². The SMILES string of the molecule is CCC[Si](CCC)(CCC)O[C@H]1C#C/C=C/c2ccccc2C(=O)OCC[C@@H]1O[Si](CCC)(CCC)CCC. The predicted molar refractivity (Wildman–Crippen MR) is 170 cm³/mol. The van der Waals surface area contributed by atoms with Gasteiger partial charge in [-0.3, -0.25) is 0 Å². The molecule has 218 valence electrons. The average Bonchev–Trinajstić information content (AvgIpc) is 2.90. The molecule has 0 aromatic heterocycles. The summed E-state index contributed by atoms with van der Waals surface area (Å²) in [5.41, 5.74) is 1.41. The van der Waals surface area contributed by atoms with E-state index in [0.717, 1.165) is 80.4 Å². The molecular weight excluding hydrogens is 517 g/mol. The minimum absolute atomic E-state index is 0.192. The molecule has 0 unspecified atom stereocenters. The highest BCUT2D eigenvalue weighted by Crippen LogP contribution is 2.34. The summed E-state index contributed by atoms with van der Waals surface area (Å²) in [7, 11) is -4.03. The van der Waals surface area contributed by atoms with Crippen LogP contribution in [0.4, 0.5) is 0 Å². The van der Waals surface area contributed by atoms with E-state index in [1.54, 1.807) is 0 Å². The van der Waals surface area contributed by atoms with Gasteiger partial charge in [-0.15, -0.1) is 0 Å². The van der Waals surface area contributed by atoms with E-state index < -0.39 is 16.6 Å². The third-order valence-electron chi connectivity index (χ3n) is 7.74. The van der Waals surface area contributed by atoms with Crippen molar-refractivity contribution in [1.82, 2.24) is 0 Å². The number of rotatable bonds is 16. The summed E-state index contributed by atoms with van der Waals surface area (Å²) in [5.74, 6) is 6.57. The topological polar surface area (TPSA) is 44.8 Å². The van der Waals surface area contributed by atoms with Crippen LogP contribution in [0, 0.1) is 11.8 Å². The lowest BCUT2D eigenvalue weighted by atomic mass is 10.1. The number of cyclic esters (lactones) is 1. The molecule has 0 bridgehead atoms. The number of fused-ring (bicyclic) bond motifs is 1. The summed E-state index contributed by atoms with van der Waals surface area (Å²) >= 11 is 0. The second-order valence-corrected chi connectivity index (χ2v) is 19.4. The van der Waals surface area contributed by atoms with Crippen molar-refractivity contribution in [3.05, 3.63) is 41.5 Å². The van der Waals surface area contributed by atoms with E-state index in [1.807, 2.05) is 36.4 Å². The maximum Gasteiger partial charge on any atom is 0.338 e. The van der Waals surface area contributed by atoms with Crippen LogP contribution in [0.25, 0.3) is 6.08 Å². The van der Waals surface area contributed by atoms with Gasteiger partial charge in [-0.25, -0.2) is 4.79 Å². The minimum atomic E-state index is -2.02. The van der Waals surface area contributed by atoms with E-state index in [9.17, 15) is 4.79 Å². The van der Waals surface area contributed by atoms with Crippen molar-refractivity contribution in [1.29, 1.82) is 0 Å². The zero-order chi connectivity index (χ0) is 28.6. The normalized spacial score (nSPS) is 19.2. The van der Waals surface area contributed by atoms with Crippen LogP contribution in [-0.2, 0) is 13.6 Å². The second kappa shape index (κ2) is 17.9. The van der Waals surface area contributed by atoms with E-state index in [-0.39, 0.29) is 18.2 Å². The van der Waals surface area contributed by atoms with Gasteiger partial charge in [0, 0.05) is 6.42 Å². The number of hydrogen-bond acceptors (Lipinski definition) is 4. The lowest BCUT2D eigenvalue weighted by Gasteiger charge is -2.41. The number of carbonyl (C=O) groups is 1. The highest BCUT2D eigenvalue weighted by Gasteiger charge is 2.41. The third kappa shape index (κ3) is 10.4. The largest absolute Gasteiger partial charge is 0.462 e. The van der Waals surface area contributed by atoms with Gasteiger partial charge in [0.2, 0.25) is 0 Å². The molecule has 1 aliphatic heterocycles. The molecule has 0 aliphatic carbocycles. The molecule has 0 saturated carbocycles. The lowest BCUT2D eigenvalue weighted by Crippen LogP contribution is -2.50. The highest BCUT2D eigenvalue weighted by molar-refractivity contribution is 6.74. The van der Waals surface area contributed by atoms with Crippen molar-refractivity contribution in [2.45, 2.75) is 135 Å². The van der Waals surface area contributed by atoms with Crippen LogP contribution in [0.2, 0.25) is 36.3 Å². The van der Waals surface area contributed by atoms with Gasteiger partial charge in [0.15, 0.2) is 16.6 Å². The van der Waals surface area contributed by atoms with E-state index >= 15 is 0 Å². The summed E-state index contributed by atoms with van der Waals surface area (Å²) in [4.78, 5) is 13.0. The molecule has 2 rings (SSSR count). The molecule has 0 radical (unpaired) electrons. The lowest BCUT2D eigenvalue weighted by molar-refractivity contribution is 0.0283. The Hall–Kier alpha value is -1.66. The minimum Gasteiger partial charge on any atom is -0.462 e. The first-order chi connectivity index (χ1) is 18.9. The molecule has 0 saturated heterocycles. The molecular formula is C33H54O4Si2. The first kappa shape index (κ1) is 33.5. The van der Waals surface area contributed by atoms with Gasteiger partial charge in [0.05, 0.1) is 18.3 Å². The first-order valence-electron chi connectivity index (χ1n) is 15.7. The smallest absolute Gasteiger partial charge is 0.338 e. The van der Waals surface area contributed by atoms with Gasteiger partial charge >= 0.3 is 5.97 Å². The fraction of sp³-hybridized carbons (Fsp3) is 0.667. The van der Waals surface area contributed by atoms with Gasteiger partial charge < -0.3 is 13.6 Å². The van der Waals surface area contributed by atoms with Crippen molar-refractivity contribution in [2.24, 2.45) is 0 Å². The molecule has 0 amide bonds. The number of esters is 1. The van der Waals surface area contributed by atoms with Crippen molar-refractivity contribution in [3.63, 3.8) is 0 Å². The fourth-order valence-corrected chi connectivity index (χ4v) is 15.6. The predicted octanol–water partition coefficient (Wildman–Crippen LogP) is 9.39. The standard InChI is InChI=1S/C33H54O4Si2/c1-7-23-38(24-8-2,25-9-3)36-31-20-16-14-18-29-17-13-15-19-30(29)33(34)35-22-21-32(31)37-39(26-10-4,27-11-5)28-12-6/h13-15,17-19,31-32H,7-12,21-28H2,1-6H3/b18-14+/t31-,32-/m0/s1. The van der Waals surface area contributed by atoms with Gasteiger partial charge in [-0.1, -0.05) is 110 Å². The Morgan fingerprint density at radius 2 is 1.31 bits per heavy atom. The molecule has 0 spiro atoms. The molecule has 2 atom stereocenters. The monoisotopic (exact) mass is 570 g/mol. The second-order valence-electron chi connectivity index (χ2n) is 11.2. The maximum absolute atomic E-state index is 13.0. The van der Waals surface area contributed by atoms with Crippen LogP contribution in [0.5, 0.6) is 0 Å². The number of hydrogen-bond donors (Lipinski definition) is 0.